The van der Waals surface area contributed by atoms with Gasteiger partial charge in [-0.2, -0.15) is 18.2 Å². The molecule has 6 rings (SSSR count). The third-order valence-corrected chi connectivity index (χ3v) is 9.25. The molecule has 1 aliphatic heterocycles. The molecule has 1 N–H and O–H groups in total. The van der Waals surface area contributed by atoms with Gasteiger partial charge in [-0.05, 0) is 52.9 Å². The summed E-state index contributed by atoms with van der Waals surface area (Å²) in [6.07, 6.45) is -2.17. The van der Waals surface area contributed by atoms with Gasteiger partial charge in [0, 0.05) is 35.8 Å². The van der Waals surface area contributed by atoms with Gasteiger partial charge in [0.25, 0.3) is 11.8 Å². The zero-order valence-corrected chi connectivity index (χ0v) is 24.3. The number of anilines is 1. The molecule has 3 aliphatic carbocycles. The highest BCUT2D eigenvalue weighted by Gasteiger charge is 2.58. The number of hydrazine groups is 1. The summed E-state index contributed by atoms with van der Waals surface area (Å²) in [5, 5.41) is 12.0. The third kappa shape index (κ3) is 4.43. The lowest BCUT2D eigenvalue weighted by molar-refractivity contribution is -0.141. The number of benzene rings is 1. The number of alkyl halides is 3. The molecule has 1 fully saturated rings. The Balaban J connectivity index is 1.45. The van der Waals surface area contributed by atoms with Gasteiger partial charge in [0.05, 0.1) is 21.3 Å². The van der Waals surface area contributed by atoms with E-state index in [1.165, 1.54) is 19.2 Å². The van der Waals surface area contributed by atoms with E-state index in [1.807, 2.05) is 0 Å². The minimum absolute atomic E-state index is 0.00598. The molecule has 8 nitrogen and oxygen atoms in total. The molecule has 222 valence electrons. The van der Waals surface area contributed by atoms with Gasteiger partial charge in [-0.3, -0.25) is 24.2 Å². The van der Waals surface area contributed by atoms with Crippen LogP contribution >= 0.6 is 27.5 Å². The van der Waals surface area contributed by atoms with Crippen LogP contribution in [0.3, 0.4) is 0 Å². The number of ketones is 2. The summed E-state index contributed by atoms with van der Waals surface area (Å²) in [6, 6.07) is 5.42. The molecule has 14 heteroatoms. The molecule has 1 aromatic carbocycles. The minimum atomic E-state index is -4.82. The second-order valence-corrected chi connectivity index (χ2v) is 11.8. The van der Waals surface area contributed by atoms with Gasteiger partial charge < -0.3 is 5.11 Å². The number of imide groups is 1. The maximum absolute atomic E-state index is 14.5. The van der Waals surface area contributed by atoms with Crippen molar-refractivity contribution in [1.29, 1.82) is 0 Å². The number of para-hydroxylation sites is 1. The Hall–Kier alpha value is -3.84. The number of fused-ring (bicyclic) bond motifs is 3. The number of pyridine rings is 1. The highest BCUT2D eigenvalue weighted by Crippen LogP contribution is 2.56. The number of phenols is 1. The highest BCUT2D eigenvalue weighted by atomic mass is 79.9. The van der Waals surface area contributed by atoms with Crippen molar-refractivity contribution in [3.63, 3.8) is 0 Å². The van der Waals surface area contributed by atoms with Gasteiger partial charge in [-0.15, -0.1) is 0 Å². The number of phenolic OH excluding ortho intramolecular Hbond substituents is 1. The maximum atomic E-state index is 14.5. The van der Waals surface area contributed by atoms with Crippen LogP contribution in [0.4, 0.5) is 23.4 Å². The number of carbonyl (C=O) groups is 4. The van der Waals surface area contributed by atoms with Crippen LogP contribution in [-0.2, 0) is 25.4 Å². The normalized spacial score (nSPS) is 25.3. The fraction of sp³-hybridized carbons (Fsp3) is 0.276. The van der Waals surface area contributed by atoms with Crippen molar-refractivity contribution >= 4 is 56.7 Å². The number of hydrogen-bond acceptors (Lipinski definition) is 7. The van der Waals surface area contributed by atoms with Gasteiger partial charge in [0.2, 0.25) is 0 Å². The predicted molar refractivity (Wildman–Crippen MR) is 147 cm³/mol. The maximum Gasteiger partial charge on any atom is 0.433 e. The molecular formula is C29H19BrClF4N3O5. The number of aromatic hydroxyl groups is 1. The highest BCUT2D eigenvalue weighted by molar-refractivity contribution is 9.12. The van der Waals surface area contributed by atoms with Crippen molar-refractivity contribution in [2.75, 3.05) is 12.1 Å². The molecule has 0 bridgehead atoms. The van der Waals surface area contributed by atoms with Crippen molar-refractivity contribution in [1.82, 2.24) is 9.99 Å². The molecular weight excluding hydrogens is 662 g/mol. The second kappa shape index (κ2) is 10.1. The summed E-state index contributed by atoms with van der Waals surface area (Å²) in [5.74, 6) is -8.63. The number of aromatic nitrogens is 1. The van der Waals surface area contributed by atoms with Crippen molar-refractivity contribution in [2.24, 2.45) is 17.8 Å². The van der Waals surface area contributed by atoms with Crippen LogP contribution < -0.4 is 5.01 Å². The van der Waals surface area contributed by atoms with E-state index in [2.05, 4.69) is 20.9 Å². The van der Waals surface area contributed by atoms with E-state index >= 15 is 0 Å². The van der Waals surface area contributed by atoms with Crippen LogP contribution in [0.25, 0.3) is 0 Å². The Labute approximate surface area is 254 Å². The van der Waals surface area contributed by atoms with E-state index in [0.29, 0.717) is 16.6 Å². The van der Waals surface area contributed by atoms with Crippen molar-refractivity contribution in [3.8, 4) is 5.75 Å². The topological polar surface area (TPSA) is 108 Å². The van der Waals surface area contributed by atoms with Crippen LogP contribution in [0.15, 0.2) is 63.7 Å². The Bertz CT molecular complexity index is 1750. The largest absolute Gasteiger partial charge is 0.505 e. The smallest absolute Gasteiger partial charge is 0.433 e. The van der Waals surface area contributed by atoms with Crippen LogP contribution in [0.2, 0.25) is 5.02 Å². The van der Waals surface area contributed by atoms with Gasteiger partial charge in [-0.1, -0.05) is 35.4 Å². The standard InChI is InChI=1S/C29H19BrClF4N3O5/c1-37(26-17(31)7-8-20(36-26)29(33,34)35)38-27(42)13-6-5-11-14(22(13)28(38)43)9-15-23(19(39)10-16(30)24(15)40)21(11)12-3-2-4-18(32)25(12)41/h2-5,7-8,10,13-14,21-22,41H,6,9H2,1H3/t13-,14+,21+,22-/m0/s1. The first-order chi connectivity index (χ1) is 20.2. The van der Waals surface area contributed by atoms with E-state index < -0.39 is 76.3 Å². The van der Waals surface area contributed by atoms with Gasteiger partial charge in [0.15, 0.2) is 29.0 Å². The number of hydrogen-bond donors (Lipinski definition) is 1. The molecule has 0 unspecified atom stereocenters. The minimum Gasteiger partial charge on any atom is -0.505 e. The lowest BCUT2D eigenvalue weighted by atomic mass is 9.59. The zero-order chi connectivity index (χ0) is 31.1. The van der Waals surface area contributed by atoms with Crippen molar-refractivity contribution in [2.45, 2.75) is 24.9 Å². The lowest BCUT2D eigenvalue weighted by Crippen LogP contribution is -2.46. The number of carbonyl (C=O) groups excluding carboxylic acids is 4. The Kier molecular flexibility index (Phi) is 6.88. The van der Waals surface area contributed by atoms with E-state index in [1.54, 1.807) is 6.08 Å². The summed E-state index contributed by atoms with van der Waals surface area (Å²) in [4.78, 5) is 57.7. The monoisotopic (exact) mass is 679 g/mol. The second-order valence-electron chi connectivity index (χ2n) is 10.6. The first kappa shape index (κ1) is 29.2. The van der Waals surface area contributed by atoms with E-state index in [0.717, 1.165) is 23.2 Å². The molecule has 43 heavy (non-hydrogen) atoms. The fourth-order valence-electron chi connectivity index (χ4n) is 6.52. The number of rotatable bonds is 3. The van der Waals surface area contributed by atoms with Crippen LogP contribution in [0.1, 0.15) is 30.0 Å². The Morgan fingerprint density at radius 3 is 2.51 bits per heavy atom. The van der Waals surface area contributed by atoms with Crippen molar-refractivity contribution < 1.29 is 41.8 Å². The third-order valence-electron chi connectivity index (χ3n) is 8.36. The van der Waals surface area contributed by atoms with E-state index in [9.17, 15) is 41.8 Å². The molecule has 2 amide bonds. The summed E-state index contributed by atoms with van der Waals surface area (Å²) in [7, 11) is 1.19. The summed E-state index contributed by atoms with van der Waals surface area (Å²) >= 11 is 9.24. The molecule has 4 atom stereocenters. The summed E-state index contributed by atoms with van der Waals surface area (Å²) in [5.41, 5.74) is -0.705. The van der Waals surface area contributed by atoms with E-state index in [4.69, 9.17) is 11.6 Å². The zero-order valence-electron chi connectivity index (χ0n) is 22.0. The first-order valence-electron chi connectivity index (χ1n) is 12.9. The van der Waals surface area contributed by atoms with Crippen LogP contribution in [-0.4, -0.2) is 45.5 Å². The van der Waals surface area contributed by atoms with Gasteiger partial charge in [-0.25, -0.2) is 9.37 Å². The number of amides is 2. The quantitative estimate of drug-likeness (QED) is 0.200. The van der Waals surface area contributed by atoms with Gasteiger partial charge in [0.1, 0.15) is 5.69 Å². The van der Waals surface area contributed by atoms with Crippen molar-refractivity contribution in [3.05, 3.63) is 85.8 Å². The lowest BCUT2D eigenvalue weighted by Gasteiger charge is -2.42. The average Bonchev–Trinajstić information content (AvgIpc) is 3.21. The molecule has 1 saturated heterocycles. The summed E-state index contributed by atoms with van der Waals surface area (Å²) < 4.78 is 54.7. The number of nitrogens with zero attached hydrogens (tertiary/aromatic N) is 3. The van der Waals surface area contributed by atoms with E-state index in [-0.39, 0.29) is 39.1 Å². The van der Waals surface area contributed by atoms with Gasteiger partial charge >= 0.3 is 6.18 Å². The number of halogens is 6. The Morgan fingerprint density at radius 1 is 1.09 bits per heavy atom. The molecule has 2 aromatic rings. The summed E-state index contributed by atoms with van der Waals surface area (Å²) in [6.45, 7) is 0. The van der Waals surface area contributed by atoms with Crippen LogP contribution in [0, 0.1) is 23.6 Å². The fourth-order valence-corrected chi connectivity index (χ4v) is 7.19. The molecule has 1 aromatic heterocycles. The number of Topliss-reactive ketones (excluding diaryl/α,β-unsaturated/α-hetero) is 1. The average molecular weight is 681 g/mol. The molecule has 4 aliphatic rings. The first-order valence-corrected chi connectivity index (χ1v) is 14.1. The molecule has 2 heterocycles. The SMILES string of the molecule is CN(c1nc(C(F)(F)F)ccc1Cl)N1C(=O)[C@H]2[C@H](CC=C3[C@H](c4cccc(F)c4O)C4=C(C[C@H]32)C(=O)C(Br)=CC4=O)C1=O. The number of allylic oxidation sites excluding steroid dienone is 6. The Morgan fingerprint density at radius 2 is 1.81 bits per heavy atom. The molecule has 0 radical (unpaired) electrons. The van der Waals surface area contributed by atoms with Crippen LogP contribution in [0.5, 0.6) is 5.75 Å². The molecule has 0 saturated carbocycles. The predicted octanol–water partition coefficient (Wildman–Crippen LogP) is 5.41. The molecule has 0 spiro atoms.